The second-order valence-corrected chi connectivity index (χ2v) is 12.3. The Hall–Kier alpha value is -3.82. The average Bonchev–Trinajstić information content (AvgIpc) is 3.56. The van der Waals surface area contributed by atoms with Gasteiger partial charge >= 0.3 is 0 Å². The Morgan fingerprint density at radius 2 is 1.87 bits per heavy atom. The molecule has 0 atom stereocenters. The van der Waals surface area contributed by atoms with Gasteiger partial charge in [0, 0.05) is 47.5 Å². The Balaban J connectivity index is 1.22. The van der Waals surface area contributed by atoms with Crippen LogP contribution in [0.1, 0.15) is 18.4 Å². The van der Waals surface area contributed by atoms with Gasteiger partial charge in [0.05, 0.1) is 27.9 Å². The average molecular weight is 576 g/mol. The van der Waals surface area contributed by atoms with Crippen molar-refractivity contribution < 1.29 is 8.42 Å². The maximum atomic E-state index is 13.0. The van der Waals surface area contributed by atoms with Crippen molar-refractivity contribution in [3.63, 3.8) is 0 Å². The highest BCUT2D eigenvalue weighted by Gasteiger charge is 2.30. The van der Waals surface area contributed by atoms with Crippen molar-refractivity contribution in [3.8, 4) is 28.7 Å². The number of piperidine rings is 1. The largest absolute Gasteiger partial charge is 0.351 e. The number of hydrogen-bond acceptors (Lipinski definition) is 8. The van der Waals surface area contributed by atoms with Gasteiger partial charge in [-0.1, -0.05) is 23.7 Å². The molecule has 12 heteroatoms. The molecule has 0 spiro atoms. The minimum absolute atomic E-state index is 0.0234. The maximum absolute atomic E-state index is 13.0. The van der Waals surface area contributed by atoms with Crippen molar-refractivity contribution >= 4 is 43.9 Å². The van der Waals surface area contributed by atoms with Crippen molar-refractivity contribution in [3.05, 3.63) is 83.0 Å². The molecule has 1 aliphatic rings. The topological polar surface area (TPSA) is 116 Å². The molecule has 1 saturated heterocycles. The van der Waals surface area contributed by atoms with E-state index in [9.17, 15) is 13.7 Å². The molecule has 196 valence electrons. The van der Waals surface area contributed by atoms with Gasteiger partial charge in [-0.2, -0.15) is 9.57 Å². The Kier molecular flexibility index (Phi) is 6.78. The van der Waals surface area contributed by atoms with Crippen molar-refractivity contribution in [2.24, 2.45) is 0 Å². The first-order chi connectivity index (χ1) is 18.9. The lowest BCUT2D eigenvalue weighted by Crippen LogP contribution is -2.42. The van der Waals surface area contributed by atoms with Crippen molar-refractivity contribution in [2.75, 3.05) is 18.4 Å². The van der Waals surface area contributed by atoms with Crippen molar-refractivity contribution in [1.29, 1.82) is 5.26 Å². The summed E-state index contributed by atoms with van der Waals surface area (Å²) in [6.45, 7) is 0.777. The predicted octanol–water partition coefficient (Wildman–Crippen LogP) is 5.31. The van der Waals surface area contributed by atoms with Crippen LogP contribution in [0.4, 0.5) is 5.95 Å². The summed E-state index contributed by atoms with van der Waals surface area (Å²) in [5.41, 5.74) is 3.64. The minimum atomic E-state index is -3.58. The van der Waals surface area contributed by atoms with E-state index in [2.05, 4.69) is 16.4 Å². The number of imidazole rings is 1. The van der Waals surface area contributed by atoms with Crippen LogP contribution in [0.5, 0.6) is 0 Å². The predicted molar refractivity (Wildman–Crippen MR) is 151 cm³/mol. The SMILES string of the molecule is N#Cc1cccc(-c2nc3sccn3c2-c2ccnc(NC3CCN(S(=O)(=O)c4ccc(Cl)cc4)CC3)n2)c1. The summed E-state index contributed by atoms with van der Waals surface area (Å²) in [5.74, 6) is 0.466. The van der Waals surface area contributed by atoms with E-state index in [1.807, 2.05) is 40.2 Å². The molecule has 6 rings (SSSR count). The second kappa shape index (κ2) is 10.4. The van der Waals surface area contributed by atoms with Gasteiger partial charge in [-0.3, -0.25) is 4.40 Å². The van der Waals surface area contributed by atoms with E-state index in [1.165, 1.54) is 27.8 Å². The van der Waals surface area contributed by atoms with Crippen LogP contribution in [0.2, 0.25) is 5.02 Å². The van der Waals surface area contributed by atoms with Gasteiger partial charge < -0.3 is 5.32 Å². The molecule has 0 radical (unpaired) electrons. The van der Waals surface area contributed by atoms with Gasteiger partial charge in [-0.05, 0) is 55.3 Å². The number of nitriles is 1. The van der Waals surface area contributed by atoms with E-state index < -0.39 is 10.0 Å². The molecule has 0 unspecified atom stereocenters. The fourth-order valence-corrected chi connectivity index (χ4v) is 7.02. The summed E-state index contributed by atoms with van der Waals surface area (Å²) in [6.07, 6.45) is 4.89. The summed E-state index contributed by atoms with van der Waals surface area (Å²) in [7, 11) is -3.58. The number of anilines is 1. The van der Waals surface area contributed by atoms with E-state index >= 15 is 0 Å². The second-order valence-electron chi connectivity index (χ2n) is 9.10. The summed E-state index contributed by atoms with van der Waals surface area (Å²) >= 11 is 7.44. The third kappa shape index (κ3) is 4.99. The third-order valence-corrected chi connectivity index (χ3v) is 9.59. The van der Waals surface area contributed by atoms with E-state index in [-0.39, 0.29) is 10.9 Å². The summed E-state index contributed by atoms with van der Waals surface area (Å²) in [4.78, 5) is 15.1. The zero-order chi connectivity index (χ0) is 27.0. The summed E-state index contributed by atoms with van der Waals surface area (Å²) in [5, 5.41) is 15.2. The molecule has 3 aromatic heterocycles. The highest BCUT2D eigenvalue weighted by molar-refractivity contribution is 7.89. The van der Waals surface area contributed by atoms with Crippen LogP contribution in [0.15, 0.2) is 77.3 Å². The number of thiazole rings is 1. The van der Waals surface area contributed by atoms with Gasteiger partial charge in [0.1, 0.15) is 5.69 Å². The van der Waals surface area contributed by atoms with Crippen LogP contribution in [-0.4, -0.2) is 51.2 Å². The molecule has 1 aliphatic heterocycles. The number of aromatic nitrogens is 4. The molecule has 9 nitrogen and oxygen atoms in total. The quantitative estimate of drug-likeness (QED) is 0.291. The van der Waals surface area contributed by atoms with Gasteiger partial charge in [-0.25, -0.2) is 23.4 Å². The lowest BCUT2D eigenvalue weighted by molar-refractivity contribution is 0.329. The van der Waals surface area contributed by atoms with Crippen molar-refractivity contribution in [1.82, 2.24) is 23.7 Å². The number of rotatable bonds is 6. The summed E-state index contributed by atoms with van der Waals surface area (Å²) in [6, 6.07) is 17.7. The number of halogens is 1. The number of sulfonamides is 1. The Morgan fingerprint density at radius 1 is 1.08 bits per heavy atom. The van der Waals surface area contributed by atoms with Gasteiger partial charge in [0.2, 0.25) is 16.0 Å². The maximum Gasteiger partial charge on any atom is 0.243 e. The summed E-state index contributed by atoms with van der Waals surface area (Å²) < 4.78 is 29.6. The first kappa shape index (κ1) is 25.5. The zero-order valence-electron chi connectivity index (χ0n) is 20.5. The monoisotopic (exact) mass is 575 g/mol. The van der Waals surface area contributed by atoms with Crippen LogP contribution in [-0.2, 0) is 10.0 Å². The first-order valence-corrected chi connectivity index (χ1v) is 14.9. The van der Waals surface area contributed by atoms with Gasteiger partial charge in [-0.15, -0.1) is 11.3 Å². The molecule has 0 aliphatic carbocycles. The van der Waals surface area contributed by atoms with E-state index in [4.69, 9.17) is 21.6 Å². The lowest BCUT2D eigenvalue weighted by atomic mass is 10.1. The minimum Gasteiger partial charge on any atom is -0.351 e. The molecular weight excluding hydrogens is 554 g/mol. The standard InChI is InChI=1S/C27H22ClN7O2S2/c28-20-4-6-22(7-5-20)39(36,37)34-12-9-21(10-13-34)31-26-30-11-8-23(32-26)25-24(33-27-35(25)14-15-38-27)19-3-1-2-18(16-19)17-29/h1-8,11,14-16,21H,9-10,12-13H2,(H,30,31,32). The van der Waals surface area contributed by atoms with E-state index in [0.717, 1.165) is 21.9 Å². The Morgan fingerprint density at radius 3 is 2.64 bits per heavy atom. The van der Waals surface area contributed by atoms with Crippen LogP contribution < -0.4 is 5.32 Å². The molecule has 1 fully saturated rings. The van der Waals surface area contributed by atoms with Gasteiger partial charge in [0.15, 0.2) is 4.96 Å². The molecule has 39 heavy (non-hydrogen) atoms. The number of nitrogens with zero attached hydrogens (tertiary/aromatic N) is 6. The fourth-order valence-electron chi connectivity index (χ4n) is 4.71. The first-order valence-electron chi connectivity index (χ1n) is 12.2. The number of benzene rings is 2. The van der Waals surface area contributed by atoms with Crippen LogP contribution in [0, 0.1) is 11.3 Å². The van der Waals surface area contributed by atoms with Gasteiger partial charge in [0.25, 0.3) is 0 Å². The van der Waals surface area contributed by atoms with Crippen LogP contribution in [0.3, 0.4) is 0 Å². The third-order valence-electron chi connectivity index (χ3n) is 6.66. The molecule has 5 aromatic rings. The molecule has 1 N–H and O–H groups in total. The number of fused-ring (bicyclic) bond motifs is 1. The molecule has 0 saturated carbocycles. The fraction of sp³-hybridized carbons (Fsp3) is 0.185. The Labute approximate surface area is 234 Å². The molecule has 2 aromatic carbocycles. The number of hydrogen-bond donors (Lipinski definition) is 1. The molecule has 0 amide bonds. The zero-order valence-corrected chi connectivity index (χ0v) is 22.9. The van der Waals surface area contributed by atoms with Crippen molar-refractivity contribution in [2.45, 2.75) is 23.8 Å². The number of nitrogens with one attached hydrogen (secondary N) is 1. The highest BCUT2D eigenvalue weighted by Crippen LogP contribution is 2.34. The van der Waals surface area contributed by atoms with E-state index in [1.54, 1.807) is 24.4 Å². The smallest absolute Gasteiger partial charge is 0.243 e. The Bertz CT molecular complexity index is 1800. The normalized spacial score (nSPS) is 14.9. The molecular formula is C27H22ClN7O2S2. The lowest BCUT2D eigenvalue weighted by Gasteiger charge is -2.31. The van der Waals surface area contributed by atoms with Crippen LogP contribution >= 0.6 is 22.9 Å². The molecule has 0 bridgehead atoms. The highest BCUT2D eigenvalue weighted by atomic mass is 35.5. The van der Waals surface area contributed by atoms with E-state index in [0.29, 0.717) is 48.2 Å². The van der Waals surface area contributed by atoms with Crippen LogP contribution in [0.25, 0.3) is 27.6 Å². The molecule has 4 heterocycles.